The van der Waals surface area contributed by atoms with Crippen LogP contribution in [0.5, 0.6) is 5.75 Å². The van der Waals surface area contributed by atoms with Gasteiger partial charge >= 0.3 is 5.97 Å². The summed E-state index contributed by atoms with van der Waals surface area (Å²) < 4.78 is 10.4. The fraction of sp³-hybridized carbons (Fsp3) is 0.273. The Bertz CT molecular complexity index is 851. The zero-order valence-corrected chi connectivity index (χ0v) is 15.0. The minimum Gasteiger partial charge on any atom is -0.497 e. The van der Waals surface area contributed by atoms with Gasteiger partial charge in [-0.05, 0) is 67.2 Å². The molecule has 1 aliphatic rings. The first-order valence-electron chi connectivity index (χ1n) is 8.75. The van der Waals surface area contributed by atoms with E-state index in [-0.39, 0.29) is 5.78 Å². The van der Waals surface area contributed by atoms with E-state index in [9.17, 15) is 9.59 Å². The number of benzene rings is 2. The fourth-order valence-electron chi connectivity index (χ4n) is 3.14. The molecule has 4 heteroatoms. The minimum absolute atomic E-state index is 0.178. The summed E-state index contributed by atoms with van der Waals surface area (Å²) in [5, 5.41) is 0. The van der Waals surface area contributed by atoms with Crippen molar-refractivity contribution in [1.82, 2.24) is 0 Å². The van der Waals surface area contributed by atoms with Crippen molar-refractivity contribution in [3.63, 3.8) is 0 Å². The van der Waals surface area contributed by atoms with Crippen LogP contribution in [0.3, 0.4) is 0 Å². The van der Waals surface area contributed by atoms with Gasteiger partial charge in [0.25, 0.3) is 0 Å². The van der Waals surface area contributed by atoms with Crippen LogP contribution < -0.4 is 4.74 Å². The molecule has 2 aromatic carbocycles. The van der Waals surface area contributed by atoms with Crippen molar-refractivity contribution in [2.45, 2.75) is 32.3 Å². The van der Waals surface area contributed by atoms with E-state index >= 15 is 0 Å². The summed E-state index contributed by atoms with van der Waals surface area (Å²) in [6, 6.07) is 13.1. The third-order valence-electron chi connectivity index (χ3n) is 4.55. The largest absolute Gasteiger partial charge is 0.497 e. The average Bonchev–Trinajstić information content (AvgIpc) is 3.13. The van der Waals surface area contributed by atoms with Gasteiger partial charge in [-0.1, -0.05) is 24.3 Å². The Kier molecular flexibility index (Phi) is 5.52. The van der Waals surface area contributed by atoms with Crippen molar-refractivity contribution in [2.24, 2.45) is 0 Å². The number of Topliss-reactive ketones (excluding diaryl/α,β-unsaturated/α-hetero) is 1. The number of hydrogen-bond donors (Lipinski definition) is 0. The van der Waals surface area contributed by atoms with E-state index in [4.69, 9.17) is 9.47 Å². The van der Waals surface area contributed by atoms with Gasteiger partial charge in [0.2, 0.25) is 5.78 Å². The van der Waals surface area contributed by atoms with Gasteiger partial charge in [-0.15, -0.1) is 0 Å². The third-order valence-corrected chi connectivity index (χ3v) is 4.55. The summed E-state index contributed by atoms with van der Waals surface area (Å²) >= 11 is 0. The second kappa shape index (κ2) is 8.00. The van der Waals surface area contributed by atoms with E-state index in [2.05, 4.69) is 0 Å². The molecule has 2 aromatic rings. The number of ether oxygens (including phenoxy) is 2. The Morgan fingerprint density at radius 2 is 1.88 bits per heavy atom. The van der Waals surface area contributed by atoms with E-state index < -0.39 is 12.1 Å². The molecular weight excluding hydrogens is 328 g/mol. The zero-order chi connectivity index (χ0) is 18.5. The van der Waals surface area contributed by atoms with E-state index in [1.165, 1.54) is 17.2 Å². The maximum Gasteiger partial charge on any atom is 0.331 e. The van der Waals surface area contributed by atoms with Gasteiger partial charge in [-0.3, -0.25) is 4.79 Å². The van der Waals surface area contributed by atoms with Gasteiger partial charge in [0.15, 0.2) is 6.10 Å². The molecule has 1 atom stereocenters. The number of carbonyl (C=O) groups is 2. The number of esters is 1. The van der Waals surface area contributed by atoms with Crippen LogP contribution in [0.4, 0.5) is 0 Å². The average molecular weight is 350 g/mol. The van der Waals surface area contributed by atoms with Crippen LogP contribution in [0, 0.1) is 0 Å². The van der Waals surface area contributed by atoms with Crippen LogP contribution in [0.2, 0.25) is 0 Å². The first-order valence-corrected chi connectivity index (χ1v) is 8.75. The molecule has 0 bridgehead atoms. The molecule has 0 fully saturated rings. The fourth-order valence-corrected chi connectivity index (χ4v) is 3.14. The van der Waals surface area contributed by atoms with Gasteiger partial charge in [-0.2, -0.15) is 0 Å². The molecule has 1 aliphatic carbocycles. The number of fused-ring (bicyclic) bond motifs is 1. The minimum atomic E-state index is -0.822. The van der Waals surface area contributed by atoms with Crippen LogP contribution in [0.15, 0.2) is 48.5 Å². The standard InChI is InChI=1S/C22H22O4/c1-15(22(24)19-11-10-17-6-4-7-18(17)14-19)26-21(23)12-9-16-5-3-8-20(13-16)25-2/h3,5,8-15H,4,6-7H2,1-2H3/b12-9+. The summed E-state index contributed by atoms with van der Waals surface area (Å²) in [5.74, 6) is -0.0154. The van der Waals surface area contributed by atoms with Crippen molar-refractivity contribution in [3.8, 4) is 5.75 Å². The van der Waals surface area contributed by atoms with Crippen molar-refractivity contribution < 1.29 is 19.1 Å². The normalized spacial score (nSPS) is 14.1. The van der Waals surface area contributed by atoms with E-state index in [1.54, 1.807) is 20.1 Å². The molecule has 1 unspecified atom stereocenters. The molecule has 0 spiro atoms. The molecule has 0 heterocycles. The number of ketones is 1. The van der Waals surface area contributed by atoms with Gasteiger partial charge in [-0.25, -0.2) is 4.79 Å². The highest BCUT2D eigenvalue weighted by Gasteiger charge is 2.20. The van der Waals surface area contributed by atoms with Crippen molar-refractivity contribution in [1.29, 1.82) is 0 Å². The molecule has 0 N–H and O–H groups in total. The molecule has 0 saturated heterocycles. The lowest BCUT2D eigenvalue weighted by Gasteiger charge is -2.12. The Balaban J connectivity index is 1.61. The molecule has 134 valence electrons. The van der Waals surface area contributed by atoms with Crippen molar-refractivity contribution in [2.75, 3.05) is 7.11 Å². The Morgan fingerprint density at radius 3 is 2.69 bits per heavy atom. The van der Waals surface area contributed by atoms with Crippen molar-refractivity contribution >= 4 is 17.8 Å². The Morgan fingerprint density at radius 1 is 1.08 bits per heavy atom. The first-order chi connectivity index (χ1) is 12.6. The number of hydrogen-bond acceptors (Lipinski definition) is 4. The molecule has 26 heavy (non-hydrogen) atoms. The lowest BCUT2D eigenvalue weighted by Crippen LogP contribution is -2.23. The smallest absolute Gasteiger partial charge is 0.331 e. The maximum atomic E-state index is 12.5. The summed E-state index contributed by atoms with van der Waals surface area (Å²) in [6.45, 7) is 1.60. The Hall–Kier alpha value is -2.88. The SMILES string of the molecule is COc1cccc(/C=C/C(=O)OC(C)C(=O)c2ccc3c(c2)CCC3)c1. The van der Waals surface area contributed by atoms with E-state index in [0.29, 0.717) is 11.3 Å². The van der Waals surface area contributed by atoms with Crippen LogP contribution in [0.1, 0.15) is 40.4 Å². The lowest BCUT2D eigenvalue weighted by atomic mass is 10.0. The molecule has 0 saturated carbocycles. The van der Waals surface area contributed by atoms with Crippen molar-refractivity contribution in [3.05, 3.63) is 70.8 Å². The molecule has 0 aromatic heterocycles. The topological polar surface area (TPSA) is 52.6 Å². The predicted octanol–water partition coefficient (Wildman–Crippen LogP) is 4.01. The van der Waals surface area contributed by atoms with Gasteiger partial charge in [0.05, 0.1) is 7.11 Å². The van der Waals surface area contributed by atoms with Crippen LogP contribution in [-0.2, 0) is 22.4 Å². The van der Waals surface area contributed by atoms with Gasteiger partial charge < -0.3 is 9.47 Å². The number of carbonyl (C=O) groups excluding carboxylic acids is 2. The Labute approximate surface area is 153 Å². The van der Waals surface area contributed by atoms with Crippen LogP contribution >= 0.6 is 0 Å². The summed E-state index contributed by atoms with van der Waals surface area (Å²) in [6.07, 6.45) is 5.35. The van der Waals surface area contributed by atoms with Gasteiger partial charge in [0.1, 0.15) is 5.75 Å². The van der Waals surface area contributed by atoms with E-state index in [1.807, 2.05) is 42.5 Å². The highest BCUT2D eigenvalue weighted by molar-refractivity contribution is 6.01. The number of aryl methyl sites for hydroxylation is 2. The summed E-state index contributed by atoms with van der Waals surface area (Å²) in [5.41, 5.74) is 3.96. The molecule has 3 rings (SSSR count). The second-order valence-electron chi connectivity index (χ2n) is 6.39. The summed E-state index contributed by atoms with van der Waals surface area (Å²) in [4.78, 5) is 24.5. The number of rotatable bonds is 6. The van der Waals surface area contributed by atoms with Crippen LogP contribution in [0.25, 0.3) is 6.08 Å². The second-order valence-corrected chi connectivity index (χ2v) is 6.39. The zero-order valence-electron chi connectivity index (χ0n) is 15.0. The van der Waals surface area contributed by atoms with E-state index in [0.717, 1.165) is 24.8 Å². The molecular formula is C22H22O4. The highest BCUT2D eigenvalue weighted by atomic mass is 16.5. The monoisotopic (exact) mass is 350 g/mol. The number of methoxy groups -OCH3 is 1. The third kappa shape index (κ3) is 4.20. The van der Waals surface area contributed by atoms with Gasteiger partial charge in [0, 0.05) is 11.6 Å². The molecule has 4 nitrogen and oxygen atoms in total. The lowest BCUT2D eigenvalue weighted by molar-refractivity contribution is -0.140. The molecule has 0 radical (unpaired) electrons. The summed E-state index contributed by atoms with van der Waals surface area (Å²) in [7, 11) is 1.59. The first kappa shape index (κ1) is 17.9. The predicted molar refractivity (Wildman–Crippen MR) is 100 cm³/mol. The quantitative estimate of drug-likeness (QED) is 0.449. The molecule has 0 aliphatic heterocycles. The molecule has 0 amide bonds. The van der Waals surface area contributed by atoms with Crippen LogP contribution in [-0.4, -0.2) is 25.0 Å². The highest BCUT2D eigenvalue weighted by Crippen LogP contribution is 2.23. The maximum absolute atomic E-state index is 12.5.